The van der Waals surface area contributed by atoms with Gasteiger partial charge in [0.15, 0.2) is 5.78 Å². The van der Waals surface area contributed by atoms with E-state index in [0.29, 0.717) is 18.9 Å². The van der Waals surface area contributed by atoms with Crippen LogP contribution in [0.25, 0.3) is 0 Å². The minimum Gasteiger partial charge on any atom is -0.409 e. The van der Waals surface area contributed by atoms with Crippen molar-refractivity contribution in [2.24, 2.45) is 10.9 Å². The van der Waals surface area contributed by atoms with Gasteiger partial charge in [-0.25, -0.2) is 0 Å². The zero-order chi connectivity index (χ0) is 26.6. The number of rotatable bonds is 21. The Morgan fingerprint density at radius 3 is 2.00 bits per heavy atom. The number of nitrogens with zero attached hydrogens (tertiary/aromatic N) is 2. The molecule has 1 saturated heterocycles. The molecular formula is C31H54N4O2. The van der Waals surface area contributed by atoms with E-state index >= 15 is 0 Å². The standard InChI is InChI=1S/C31H54N4O2/c1-2-3-4-5-6-7-8-9-10-11-12-13-15-29(35-24-22-33-23-25-35)16-14-17-30(36)28-20-18-27(19-21-28)26-31(32)34-37/h18-21,29,33,37H,2-17,22-26H2,1H3,(H2,32,34). The zero-order valence-electron chi connectivity index (χ0n) is 23.6. The molecule has 1 atom stereocenters. The number of hydrogen-bond donors (Lipinski definition) is 3. The van der Waals surface area contributed by atoms with Gasteiger partial charge in [-0.3, -0.25) is 9.69 Å². The molecule has 1 aromatic carbocycles. The number of amidine groups is 1. The largest absolute Gasteiger partial charge is 0.409 e. The van der Waals surface area contributed by atoms with Gasteiger partial charge in [-0.2, -0.15) is 0 Å². The number of oxime groups is 1. The van der Waals surface area contributed by atoms with Crippen molar-refractivity contribution in [3.05, 3.63) is 35.4 Å². The first-order valence-corrected chi connectivity index (χ1v) is 15.2. The number of nitrogens with two attached hydrogens (primary N) is 1. The fourth-order valence-corrected chi connectivity index (χ4v) is 5.47. The Kier molecular flexibility index (Phi) is 17.0. The van der Waals surface area contributed by atoms with Crippen molar-refractivity contribution >= 4 is 11.6 Å². The predicted molar refractivity (Wildman–Crippen MR) is 156 cm³/mol. The fourth-order valence-electron chi connectivity index (χ4n) is 5.47. The summed E-state index contributed by atoms with van der Waals surface area (Å²) in [5, 5.41) is 15.2. The van der Waals surface area contributed by atoms with Crippen LogP contribution in [0.2, 0.25) is 0 Å². The summed E-state index contributed by atoms with van der Waals surface area (Å²) in [4.78, 5) is 15.4. The summed E-state index contributed by atoms with van der Waals surface area (Å²) in [6.07, 6.45) is 20.9. The van der Waals surface area contributed by atoms with Crippen LogP contribution in [0.3, 0.4) is 0 Å². The van der Waals surface area contributed by atoms with Gasteiger partial charge in [0, 0.05) is 50.6 Å². The van der Waals surface area contributed by atoms with Crippen LogP contribution in [0.1, 0.15) is 126 Å². The van der Waals surface area contributed by atoms with Gasteiger partial charge in [0.1, 0.15) is 5.84 Å². The summed E-state index contributed by atoms with van der Waals surface area (Å²) in [5.41, 5.74) is 7.27. The van der Waals surface area contributed by atoms with Crippen LogP contribution in [0.5, 0.6) is 0 Å². The first-order chi connectivity index (χ1) is 18.1. The van der Waals surface area contributed by atoms with Crippen molar-refractivity contribution in [1.29, 1.82) is 0 Å². The second-order valence-electron chi connectivity index (χ2n) is 10.9. The highest BCUT2D eigenvalue weighted by Crippen LogP contribution is 2.20. The average Bonchev–Trinajstić information content (AvgIpc) is 2.93. The average molecular weight is 515 g/mol. The maximum atomic E-state index is 12.8. The van der Waals surface area contributed by atoms with Crippen molar-refractivity contribution in [3.8, 4) is 0 Å². The molecule has 1 unspecified atom stereocenters. The van der Waals surface area contributed by atoms with Crippen molar-refractivity contribution in [2.75, 3.05) is 26.2 Å². The topological polar surface area (TPSA) is 91.0 Å². The third-order valence-corrected chi connectivity index (χ3v) is 7.79. The maximum Gasteiger partial charge on any atom is 0.162 e. The van der Waals surface area contributed by atoms with Gasteiger partial charge < -0.3 is 16.3 Å². The Bertz CT molecular complexity index is 744. The first kappa shape index (κ1) is 31.3. The number of Topliss-reactive ketones (excluding diaryl/α,β-unsaturated/α-hetero) is 1. The number of benzene rings is 1. The van der Waals surface area contributed by atoms with Gasteiger partial charge in [-0.1, -0.05) is 113 Å². The molecule has 210 valence electrons. The van der Waals surface area contributed by atoms with Gasteiger partial charge in [0.2, 0.25) is 0 Å². The lowest BCUT2D eigenvalue weighted by Crippen LogP contribution is -2.48. The normalized spacial score (nSPS) is 15.6. The molecule has 0 spiro atoms. The van der Waals surface area contributed by atoms with E-state index in [1.807, 2.05) is 24.3 Å². The molecule has 6 heteroatoms. The SMILES string of the molecule is CCCCCCCCCCCCCCC(CCCC(=O)c1ccc(CC(N)=NO)cc1)N1CCNCC1. The molecule has 0 bridgehead atoms. The lowest BCUT2D eigenvalue weighted by Gasteiger charge is -2.35. The monoisotopic (exact) mass is 514 g/mol. The van der Waals surface area contributed by atoms with E-state index < -0.39 is 0 Å². The third kappa shape index (κ3) is 14.0. The van der Waals surface area contributed by atoms with Crippen molar-refractivity contribution < 1.29 is 10.0 Å². The number of ketones is 1. The van der Waals surface area contributed by atoms with E-state index in [2.05, 4.69) is 22.3 Å². The highest BCUT2D eigenvalue weighted by molar-refractivity contribution is 5.96. The van der Waals surface area contributed by atoms with Crippen molar-refractivity contribution in [1.82, 2.24) is 10.2 Å². The number of unbranched alkanes of at least 4 members (excludes halogenated alkanes) is 11. The van der Waals surface area contributed by atoms with Crippen LogP contribution in [0, 0.1) is 0 Å². The Balaban J connectivity index is 1.64. The summed E-state index contributed by atoms with van der Waals surface area (Å²) in [7, 11) is 0. The molecule has 1 heterocycles. The van der Waals surface area contributed by atoms with Crippen LogP contribution < -0.4 is 11.1 Å². The summed E-state index contributed by atoms with van der Waals surface area (Å²) < 4.78 is 0. The molecule has 2 rings (SSSR count). The van der Waals surface area contributed by atoms with Crippen LogP contribution in [0.15, 0.2) is 29.4 Å². The van der Waals surface area contributed by atoms with E-state index in [-0.39, 0.29) is 11.6 Å². The van der Waals surface area contributed by atoms with Gasteiger partial charge in [0.25, 0.3) is 0 Å². The summed E-state index contributed by atoms with van der Waals surface area (Å²) in [5.74, 6) is 0.381. The maximum absolute atomic E-state index is 12.8. The van der Waals surface area contributed by atoms with Crippen molar-refractivity contribution in [2.45, 2.75) is 122 Å². The molecular weight excluding hydrogens is 460 g/mol. The molecule has 37 heavy (non-hydrogen) atoms. The first-order valence-electron chi connectivity index (χ1n) is 15.2. The van der Waals surface area contributed by atoms with Gasteiger partial charge in [-0.05, 0) is 24.8 Å². The Hall–Kier alpha value is -1.92. The van der Waals surface area contributed by atoms with E-state index in [1.54, 1.807) is 0 Å². The second-order valence-corrected chi connectivity index (χ2v) is 10.9. The zero-order valence-corrected chi connectivity index (χ0v) is 23.6. The number of nitrogens with one attached hydrogen (secondary N) is 1. The Morgan fingerprint density at radius 2 is 1.43 bits per heavy atom. The summed E-state index contributed by atoms with van der Waals surface area (Å²) in [6, 6.07) is 8.11. The van der Waals surface area contributed by atoms with Crippen LogP contribution in [0.4, 0.5) is 0 Å². The highest BCUT2D eigenvalue weighted by Gasteiger charge is 2.20. The number of piperazine rings is 1. The molecule has 6 nitrogen and oxygen atoms in total. The summed E-state index contributed by atoms with van der Waals surface area (Å²) >= 11 is 0. The smallest absolute Gasteiger partial charge is 0.162 e. The summed E-state index contributed by atoms with van der Waals surface area (Å²) in [6.45, 7) is 6.68. The van der Waals surface area contributed by atoms with Gasteiger partial charge >= 0.3 is 0 Å². The van der Waals surface area contributed by atoms with Gasteiger partial charge in [-0.15, -0.1) is 0 Å². The molecule has 1 aliphatic rings. The van der Waals surface area contributed by atoms with Crippen LogP contribution in [-0.4, -0.2) is 53.9 Å². The highest BCUT2D eigenvalue weighted by atomic mass is 16.4. The van der Waals surface area contributed by atoms with E-state index in [1.165, 1.54) is 83.5 Å². The lowest BCUT2D eigenvalue weighted by atomic mass is 9.97. The minimum atomic E-state index is 0.172. The molecule has 1 fully saturated rings. The van der Waals surface area contributed by atoms with Gasteiger partial charge in [0.05, 0.1) is 0 Å². The Morgan fingerprint density at radius 1 is 0.892 bits per heavy atom. The predicted octanol–water partition coefficient (Wildman–Crippen LogP) is 6.69. The van der Waals surface area contributed by atoms with E-state index in [9.17, 15) is 4.79 Å². The van der Waals surface area contributed by atoms with Crippen molar-refractivity contribution in [3.63, 3.8) is 0 Å². The number of carbonyl (C=O) groups excluding carboxylic acids is 1. The molecule has 0 aromatic heterocycles. The molecule has 0 radical (unpaired) electrons. The Labute approximate surface area is 226 Å². The van der Waals surface area contributed by atoms with E-state index in [0.717, 1.165) is 50.1 Å². The lowest BCUT2D eigenvalue weighted by molar-refractivity contribution is 0.0969. The molecule has 1 aromatic rings. The third-order valence-electron chi connectivity index (χ3n) is 7.79. The minimum absolute atomic E-state index is 0.172. The second kappa shape index (κ2) is 20.1. The van der Waals surface area contributed by atoms with Crippen LogP contribution >= 0.6 is 0 Å². The number of carbonyl (C=O) groups is 1. The quantitative estimate of drug-likeness (QED) is 0.0424. The van der Waals surface area contributed by atoms with Crippen LogP contribution in [-0.2, 0) is 6.42 Å². The molecule has 0 amide bonds. The molecule has 4 N–H and O–H groups in total. The number of hydrogen-bond acceptors (Lipinski definition) is 5. The van der Waals surface area contributed by atoms with E-state index in [4.69, 9.17) is 10.9 Å². The molecule has 1 aliphatic heterocycles. The molecule has 0 saturated carbocycles. The fraction of sp³-hybridized carbons (Fsp3) is 0.742. The molecule has 0 aliphatic carbocycles.